The number of nitrogens with zero attached hydrogens (tertiary/aromatic N) is 1. The standard InChI is InChI=1S/C20H21N3O3S/c1-14(15-7-3-2-4-8-15)21-20(26)16-9-5-6-10-17(16)22-18(24)11-23-13-27-12-19(23)25/h2-10,14H,11-13H2,1H3,(H,21,26)(H,22,24)/t14-/m0/s1. The van der Waals surface area contributed by atoms with E-state index in [0.29, 0.717) is 22.9 Å². The van der Waals surface area contributed by atoms with E-state index in [2.05, 4.69) is 10.6 Å². The van der Waals surface area contributed by atoms with Gasteiger partial charge in [0.2, 0.25) is 11.8 Å². The topological polar surface area (TPSA) is 78.5 Å². The largest absolute Gasteiger partial charge is 0.345 e. The van der Waals surface area contributed by atoms with Crippen LogP contribution in [-0.4, -0.2) is 40.8 Å². The Labute approximate surface area is 162 Å². The fourth-order valence-corrected chi connectivity index (χ4v) is 3.70. The smallest absolute Gasteiger partial charge is 0.253 e. The number of carbonyl (C=O) groups excluding carboxylic acids is 3. The normalized spacial score (nSPS) is 14.7. The third kappa shape index (κ3) is 4.89. The van der Waals surface area contributed by atoms with Crippen LogP contribution in [0.1, 0.15) is 28.9 Å². The van der Waals surface area contributed by atoms with Crippen molar-refractivity contribution < 1.29 is 14.4 Å². The van der Waals surface area contributed by atoms with Crippen LogP contribution in [0.4, 0.5) is 5.69 Å². The molecule has 7 heteroatoms. The quantitative estimate of drug-likeness (QED) is 0.804. The third-order valence-electron chi connectivity index (χ3n) is 4.25. The van der Waals surface area contributed by atoms with E-state index < -0.39 is 0 Å². The number of hydrogen-bond acceptors (Lipinski definition) is 4. The average molecular weight is 383 g/mol. The lowest BCUT2D eigenvalue weighted by Crippen LogP contribution is -2.35. The zero-order valence-corrected chi connectivity index (χ0v) is 15.8. The fourth-order valence-electron chi connectivity index (χ4n) is 2.79. The van der Waals surface area contributed by atoms with Crippen LogP contribution in [0.15, 0.2) is 54.6 Å². The Morgan fingerprint density at radius 2 is 1.81 bits per heavy atom. The average Bonchev–Trinajstić information content (AvgIpc) is 3.07. The summed E-state index contributed by atoms with van der Waals surface area (Å²) in [4.78, 5) is 38.1. The summed E-state index contributed by atoms with van der Waals surface area (Å²) in [6, 6.07) is 16.3. The minimum atomic E-state index is -0.317. The van der Waals surface area contributed by atoms with Crippen molar-refractivity contribution in [2.75, 3.05) is 23.5 Å². The molecule has 1 atom stereocenters. The molecule has 3 amide bonds. The minimum Gasteiger partial charge on any atom is -0.345 e. The highest BCUT2D eigenvalue weighted by molar-refractivity contribution is 8.00. The van der Waals surface area contributed by atoms with Gasteiger partial charge in [-0.3, -0.25) is 14.4 Å². The first-order valence-corrected chi connectivity index (χ1v) is 9.80. The van der Waals surface area contributed by atoms with Crippen LogP contribution in [0.2, 0.25) is 0 Å². The second-order valence-electron chi connectivity index (χ2n) is 6.27. The van der Waals surface area contributed by atoms with Gasteiger partial charge >= 0.3 is 0 Å². The molecule has 0 aliphatic carbocycles. The summed E-state index contributed by atoms with van der Waals surface area (Å²) in [5.74, 6) is 0.294. The zero-order chi connectivity index (χ0) is 19.2. The predicted octanol–water partition coefficient (Wildman–Crippen LogP) is 2.65. The SMILES string of the molecule is C[C@H](NC(=O)c1ccccc1NC(=O)CN1CSCC1=O)c1ccccc1. The van der Waals surface area contributed by atoms with Gasteiger partial charge in [-0.25, -0.2) is 0 Å². The first kappa shape index (κ1) is 19.0. The van der Waals surface area contributed by atoms with Crippen LogP contribution in [0.5, 0.6) is 0 Å². The molecule has 0 bridgehead atoms. The maximum atomic E-state index is 12.7. The number of para-hydroxylation sites is 1. The summed E-state index contributed by atoms with van der Waals surface area (Å²) in [5, 5.41) is 5.70. The van der Waals surface area contributed by atoms with E-state index in [9.17, 15) is 14.4 Å². The molecule has 140 valence electrons. The Bertz CT molecular complexity index is 841. The molecule has 0 unspecified atom stereocenters. The predicted molar refractivity (Wildman–Crippen MR) is 106 cm³/mol. The minimum absolute atomic E-state index is 0.0117. The van der Waals surface area contributed by atoms with Crippen molar-refractivity contribution in [3.8, 4) is 0 Å². The molecule has 6 nitrogen and oxygen atoms in total. The maximum absolute atomic E-state index is 12.7. The molecule has 1 fully saturated rings. The van der Waals surface area contributed by atoms with Gasteiger partial charge in [0.05, 0.1) is 28.9 Å². The monoisotopic (exact) mass is 383 g/mol. The molecule has 2 aromatic rings. The van der Waals surface area contributed by atoms with Crippen LogP contribution in [0.25, 0.3) is 0 Å². The van der Waals surface area contributed by atoms with Crippen molar-refractivity contribution >= 4 is 35.2 Å². The number of hydrogen-bond donors (Lipinski definition) is 2. The lowest BCUT2D eigenvalue weighted by molar-refractivity contribution is -0.130. The number of nitrogens with one attached hydrogen (secondary N) is 2. The fraction of sp³-hybridized carbons (Fsp3) is 0.250. The van der Waals surface area contributed by atoms with Crippen molar-refractivity contribution in [1.82, 2.24) is 10.2 Å². The van der Waals surface area contributed by atoms with Gasteiger partial charge in [0, 0.05) is 0 Å². The van der Waals surface area contributed by atoms with E-state index in [4.69, 9.17) is 0 Å². The molecular weight excluding hydrogens is 362 g/mol. The summed E-state index contributed by atoms with van der Waals surface area (Å²) in [6.45, 7) is 1.90. The highest BCUT2D eigenvalue weighted by Gasteiger charge is 2.23. The van der Waals surface area contributed by atoms with Crippen LogP contribution in [0, 0.1) is 0 Å². The number of carbonyl (C=O) groups is 3. The molecular formula is C20H21N3O3S. The molecule has 0 radical (unpaired) electrons. The van der Waals surface area contributed by atoms with E-state index in [1.165, 1.54) is 16.7 Å². The van der Waals surface area contributed by atoms with E-state index in [1.54, 1.807) is 24.3 Å². The Hall–Kier alpha value is -2.80. The van der Waals surface area contributed by atoms with Crippen molar-refractivity contribution in [2.45, 2.75) is 13.0 Å². The molecule has 1 saturated heterocycles. The van der Waals surface area contributed by atoms with Crippen LogP contribution >= 0.6 is 11.8 Å². The second kappa shape index (κ2) is 8.73. The van der Waals surface area contributed by atoms with Crippen molar-refractivity contribution in [1.29, 1.82) is 0 Å². The first-order chi connectivity index (χ1) is 13.0. The van der Waals surface area contributed by atoms with Crippen molar-refractivity contribution in [3.63, 3.8) is 0 Å². The van der Waals surface area contributed by atoms with Crippen molar-refractivity contribution in [3.05, 3.63) is 65.7 Å². The van der Waals surface area contributed by atoms with Crippen LogP contribution in [0.3, 0.4) is 0 Å². The van der Waals surface area contributed by atoms with Gasteiger partial charge in [-0.2, -0.15) is 0 Å². The Morgan fingerprint density at radius 1 is 1.11 bits per heavy atom. The van der Waals surface area contributed by atoms with Gasteiger partial charge in [-0.05, 0) is 24.6 Å². The van der Waals surface area contributed by atoms with Gasteiger partial charge in [-0.1, -0.05) is 42.5 Å². The Kier molecular flexibility index (Phi) is 6.13. The molecule has 0 saturated carbocycles. The van der Waals surface area contributed by atoms with E-state index in [1.807, 2.05) is 37.3 Å². The summed E-state index contributed by atoms with van der Waals surface area (Å²) < 4.78 is 0. The molecule has 0 aromatic heterocycles. The van der Waals surface area contributed by atoms with E-state index >= 15 is 0 Å². The Balaban J connectivity index is 1.67. The molecule has 3 rings (SSSR count). The lowest BCUT2D eigenvalue weighted by atomic mass is 10.1. The molecule has 2 N–H and O–H groups in total. The number of amides is 3. The highest BCUT2D eigenvalue weighted by Crippen LogP contribution is 2.19. The summed E-state index contributed by atoms with van der Waals surface area (Å²) in [6.07, 6.45) is 0. The number of thioether (sulfide) groups is 1. The summed E-state index contributed by atoms with van der Waals surface area (Å²) in [5.41, 5.74) is 1.81. The highest BCUT2D eigenvalue weighted by atomic mass is 32.2. The lowest BCUT2D eigenvalue weighted by Gasteiger charge is -2.18. The third-order valence-corrected chi connectivity index (χ3v) is 5.20. The zero-order valence-electron chi connectivity index (χ0n) is 15.0. The molecule has 2 aromatic carbocycles. The molecule has 1 aliphatic rings. The number of anilines is 1. The first-order valence-electron chi connectivity index (χ1n) is 8.65. The second-order valence-corrected chi connectivity index (χ2v) is 7.22. The number of rotatable bonds is 6. The molecule has 1 aliphatic heterocycles. The van der Waals surface area contributed by atoms with Crippen molar-refractivity contribution in [2.24, 2.45) is 0 Å². The maximum Gasteiger partial charge on any atom is 0.253 e. The summed E-state index contributed by atoms with van der Waals surface area (Å²) in [7, 11) is 0. The molecule has 27 heavy (non-hydrogen) atoms. The summed E-state index contributed by atoms with van der Waals surface area (Å²) >= 11 is 1.48. The van der Waals surface area contributed by atoms with Gasteiger partial charge in [0.1, 0.15) is 6.54 Å². The van der Waals surface area contributed by atoms with Gasteiger partial charge < -0.3 is 15.5 Å². The van der Waals surface area contributed by atoms with Gasteiger partial charge in [0.15, 0.2) is 0 Å². The van der Waals surface area contributed by atoms with Crippen LogP contribution in [-0.2, 0) is 9.59 Å². The van der Waals surface area contributed by atoms with Gasteiger partial charge in [0.25, 0.3) is 5.91 Å². The molecule has 1 heterocycles. The Morgan fingerprint density at radius 3 is 2.52 bits per heavy atom. The van der Waals surface area contributed by atoms with Crippen LogP contribution < -0.4 is 10.6 Å². The number of benzene rings is 2. The van der Waals surface area contributed by atoms with Gasteiger partial charge in [-0.15, -0.1) is 11.8 Å². The molecule has 0 spiro atoms. The van der Waals surface area contributed by atoms with E-state index in [0.717, 1.165) is 5.56 Å². The van der Waals surface area contributed by atoms with E-state index in [-0.39, 0.29) is 30.3 Å².